The van der Waals surface area contributed by atoms with Gasteiger partial charge < -0.3 is 0 Å². The Morgan fingerprint density at radius 2 is 2.00 bits per heavy atom. The minimum Gasteiger partial charge on any atom is -0.198 e. The second-order valence-electron chi connectivity index (χ2n) is 1.61. The predicted octanol–water partition coefficient (Wildman–Crippen LogP) is 1.93. The van der Waals surface area contributed by atoms with Gasteiger partial charge in [-0.25, -0.2) is 0 Å². The first kappa shape index (κ1) is 8.46. The van der Waals surface area contributed by atoms with Crippen LogP contribution in [0.1, 0.15) is 12.8 Å². The lowest BCUT2D eigenvalue weighted by molar-refractivity contribution is 1.06. The fourth-order valence-corrected chi connectivity index (χ4v) is 0.421. The number of nitrogens with zero attached hydrogens (tertiary/aromatic N) is 2. The summed E-state index contributed by atoms with van der Waals surface area (Å²) in [6, 6.07) is 3.88. The van der Waals surface area contributed by atoms with Gasteiger partial charge in [0.05, 0.1) is 12.1 Å². The molecule has 0 aliphatic heterocycles. The van der Waals surface area contributed by atoms with Gasteiger partial charge in [-0.3, -0.25) is 0 Å². The van der Waals surface area contributed by atoms with E-state index in [1.54, 1.807) is 12.2 Å². The molecule has 50 valence electrons. The van der Waals surface area contributed by atoms with Crippen LogP contribution in [-0.4, -0.2) is 0 Å². The van der Waals surface area contributed by atoms with Crippen molar-refractivity contribution in [3.05, 3.63) is 24.3 Å². The van der Waals surface area contributed by atoms with Crippen LogP contribution in [0.4, 0.5) is 0 Å². The van der Waals surface area contributed by atoms with Crippen LogP contribution in [-0.2, 0) is 0 Å². The molecule has 0 saturated carbocycles. The molecule has 0 aromatic rings. The van der Waals surface area contributed by atoms with Gasteiger partial charge in [-0.2, -0.15) is 10.5 Å². The number of nitriles is 2. The fourth-order valence-electron chi connectivity index (χ4n) is 0.421. The van der Waals surface area contributed by atoms with Crippen molar-refractivity contribution in [3.63, 3.8) is 0 Å². The third kappa shape index (κ3) is 6.46. The Bertz CT molecular complexity index is 200. The first-order valence-electron chi connectivity index (χ1n) is 3.00. The van der Waals surface area contributed by atoms with E-state index in [1.165, 1.54) is 6.08 Å². The van der Waals surface area contributed by atoms with E-state index in [9.17, 15) is 0 Å². The zero-order valence-corrected chi connectivity index (χ0v) is 5.62. The molecule has 2 heteroatoms. The van der Waals surface area contributed by atoms with Crippen molar-refractivity contribution in [1.82, 2.24) is 0 Å². The summed E-state index contributed by atoms with van der Waals surface area (Å²) in [5, 5.41) is 16.2. The van der Waals surface area contributed by atoms with Gasteiger partial charge >= 0.3 is 0 Å². The van der Waals surface area contributed by atoms with E-state index in [4.69, 9.17) is 10.5 Å². The van der Waals surface area contributed by atoms with Gasteiger partial charge in [-0.05, 0) is 6.42 Å². The standard InChI is InChI=1S/C8H8N2/c9-7-5-3-1-2-4-6-8-10/h1-3,5H,4,6H2. The molecule has 0 bridgehead atoms. The Hall–Kier alpha value is -1.54. The highest BCUT2D eigenvalue weighted by Crippen LogP contribution is 1.88. The van der Waals surface area contributed by atoms with E-state index in [0.717, 1.165) is 6.42 Å². The summed E-state index contributed by atoms with van der Waals surface area (Å²) in [5.41, 5.74) is 0. The average molecular weight is 132 g/mol. The minimum absolute atomic E-state index is 0.539. The molecule has 0 spiro atoms. The molecule has 0 rings (SSSR count). The molecule has 2 nitrogen and oxygen atoms in total. The van der Waals surface area contributed by atoms with Crippen LogP contribution in [0.3, 0.4) is 0 Å². The number of rotatable bonds is 3. The largest absolute Gasteiger partial charge is 0.198 e. The van der Waals surface area contributed by atoms with Crippen molar-refractivity contribution in [2.24, 2.45) is 0 Å². The molecule has 0 aliphatic rings. The fraction of sp³-hybridized carbons (Fsp3) is 0.250. The Morgan fingerprint density at radius 3 is 2.60 bits per heavy atom. The molecular weight excluding hydrogens is 124 g/mol. The topological polar surface area (TPSA) is 47.6 Å². The van der Waals surface area contributed by atoms with Gasteiger partial charge in [0.2, 0.25) is 0 Å². The molecule has 0 aromatic heterocycles. The number of hydrogen-bond donors (Lipinski definition) is 0. The first-order valence-corrected chi connectivity index (χ1v) is 3.00. The normalized spacial score (nSPS) is 9.80. The summed E-state index contributed by atoms with van der Waals surface area (Å²) in [7, 11) is 0. The highest BCUT2D eigenvalue weighted by Gasteiger charge is 1.73. The lowest BCUT2D eigenvalue weighted by Gasteiger charge is -1.76. The number of unbranched alkanes of at least 4 members (excludes halogenated alkanes) is 1. The summed E-state index contributed by atoms with van der Waals surface area (Å²) in [6.07, 6.45) is 7.96. The van der Waals surface area contributed by atoms with Crippen LogP contribution < -0.4 is 0 Å². The molecule has 0 saturated heterocycles. The molecule has 10 heavy (non-hydrogen) atoms. The molecule has 0 N–H and O–H groups in total. The summed E-state index contributed by atoms with van der Waals surface area (Å²) in [5.74, 6) is 0. The maximum atomic E-state index is 8.11. The third-order valence-corrected chi connectivity index (χ3v) is 0.841. The van der Waals surface area contributed by atoms with Gasteiger partial charge in [0.25, 0.3) is 0 Å². The van der Waals surface area contributed by atoms with E-state index in [2.05, 4.69) is 0 Å². The second kappa shape index (κ2) is 7.46. The van der Waals surface area contributed by atoms with Crippen LogP contribution in [0, 0.1) is 22.7 Å². The molecule has 0 atom stereocenters. The highest BCUT2D eigenvalue weighted by atomic mass is 14.2. The van der Waals surface area contributed by atoms with E-state index >= 15 is 0 Å². The second-order valence-corrected chi connectivity index (χ2v) is 1.61. The van der Waals surface area contributed by atoms with Crippen LogP contribution in [0.25, 0.3) is 0 Å². The quantitative estimate of drug-likeness (QED) is 0.334. The molecular formula is C8H8N2. The third-order valence-electron chi connectivity index (χ3n) is 0.841. The monoisotopic (exact) mass is 132 g/mol. The summed E-state index contributed by atoms with van der Waals surface area (Å²) in [6.45, 7) is 0. The maximum Gasteiger partial charge on any atom is 0.0912 e. The lowest BCUT2D eigenvalue weighted by Crippen LogP contribution is -1.61. The molecule has 0 aromatic carbocycles. The Kier molecular flexibility index (Phi) is 6.31. The SMILES string of the molecule is N#CC=CC=CCCC#N. The average Bonchev–Trinajstić information content (AvgIpc) is 1.97. The van der Waals surface area contributed by atoms with Gasteiger partial charge in [0, 0.05) is 12.5 Å². The van der Waals surface area contributed by atoms with Crippen molar-refractivity contribution in [1.29, 1.82) is 10.5 Å². The maximum absolute atomic E-state index is 8.11. The first-order chi connectivity index (χ1) is 4.91. The van der Waals surface area contributed by atoms with Crippen LogP contribution in [0.2, 0.25) is 0 Å². The summed E-state index contributed by atoms with van der Waals surface area (Å²) in [4.78, 5) is 0. The molecule has 0 heterocycles. The Labute approximate surface area is 60.7 Å². The molecule has 0 radical (unpaired) electrons. The molecule has 0 amide bonds. The van der Waals surface area contributed by atoms with E-state index < -0.39 is 0 Å². The lowest BCUT2D eigenvalue weighted by atomic mass is 10.3. The van der Waals surface area contributed by atoms with Crippen LogP contribution in [0.5, 0.6) is 0 Å². The van der Waals surface area contributed by atoms with Crippen molar-refractivity contribution in [3.8, 4) is 12.1 Å². The van der Waals surface area contributed by atoms with E-state index in [1.807, 2.05) is 18.2 Å². The van der Waals surface area contributed by atoms with Crippen molar-refractivity contribution in [2.45, 2.75) is 12.8 Å². The van der Waals surface area contributed by atoms with Gasteiger partial charge in [-0.1, -0.05) is 18.2 Å². The highest BCUT2D eigenvalue weighted by molar-refractivity contribution is 5.11. The zero-order chi connectivity index (χ0) is 7.66. The smallest absolute Gasteiger partial charge is 0.0912 e. The molecule has 0 unspecified atom stereocenters. The number of allylic oxidation sites excluding steroid dienone is 4. The molecule has 0 aliphatic carbocycles. The minimum atomic E-state index is 0.539. The van der Waals surface area contributed by atoms with Gasteiger partial charge in [0.15, 0.2) is 0 Å². The van der Waals surface area contributed by atoms with Crippen molar-refractivity contribution in [2.75, 3.05) is 0 Å². The van der Waals surface area contributed by atoms with Crippen LogP contribution in [0.15, 0.2) is 24.3 Å². The predicted molar refractivity (Wildman–Crippen MR) is 38.7 cm³/mol. The van der Waals surface area contributed by atoms with Crippen LogP contribution >= 0.6 is 0 Å². The summed E-state index contributed by atoms with van der Waals surface area (Å²) < 4.78 is 0. The Balaban J connectivity index is 3.33. The summed E-state index contributed by atoms with van der Waals surface area (Å²) >= 11 is 0. The van der Waals surface area contributed by atoms with E-state index in [-0.39, 0.29) is 0 Å². The Morgan fingerprint density at radius 1 is 1.20 bits per heavy atom. The van der Waals surface area contributed by atoms with Crippen molar-refractivity contribution < 1.29 is 0 Å². The molecule has 0 fully saturated rings. The number of hydrogen-bond acceptors (Lipinski definition) is 2. The van der Waals surface area contributed by atoms with Gasteiger partial charge in [0.1, 0.15) is 0 Å². The van der Waals surface area contributed by atoms with E-state index in [0.29, 0.717) is 6.42 Å². The van der Waals surface area contributed by atoms with Gasteiger partial charge in [-0.15, -0.1) is 0 Å². The zero-order valence-electron chi connectivity index (χ0n) is 5.62. The van der Waals surface area contributed by atoms with Crippen molar-refractivity contribution >= 4 is 0 Å².